The number of aromatic hydroxyl groups is 1. The Kier molecular flexibility index (Phi) is 4.38. The number of hydrogen-bond donors (Lipinski definition) is 3. The van der Waals surface area contributed by atoms with Crippen molar-refractivity contribution in [3.8, 4) is 5.75 Å². The Hall–Kier alpha value is -1.19. The monoisotopic (exact) mass is 284 g/mol. The van der Waals surface area contributed by atoms with Crippen LogP contribution in [0.25, 0.3) is 0 Å². The molecule has 2 atom stereocenters. The van der Waals surface area contributed by atoms with E-state index in [9.17, 15) is 9.50 Å². The fraction of sp³-hybridized carbons (Fsp3) is 0.462. The zero-order valence-corrected chi connectivity index (χ0v) is 11.9. The van der Waals surface area contributed by atoms with E-state index in [0.717, 1.165) is 25.5 Å². The van der Waals surface area contributed by atoms with Crippen LogP contribution in [0.15, 0.2) is 0 Å². The summed E-state index contributed by atoms with van der Waals surface area (Å²) in [4.78, 5) is 0. The van der Waals surface area contributed by atoms with Gasteiger partial charge in [0.25, 0.3) is 0 Å². The van der Waals surface area contributed by atoms with Crippen molar-refractivity contribution in [2.45, 2.75) is 32.4 Å². The van der Waals surface area contributed by atoms with Crippen LogP contribution < -0.4 is 10.6 Å². The maximum absolute atomic E-state index is 13.8. The van der Waals surface area contributed by atoms with Gasteiger partial charge in [0.1, 0.15) is 6.23 Å². The zero-order chi connectivity index (χ0) is 14.0. The topological polar surface area (TPSA) is 65.3 Å². The number of hydrogen-bond acceptors (Lipinski definition) is 4. The largest absolute Gasteiger partial charge is 0.504 e. The van der Waals surface area contributed by atoms with E-state index in [2.05, 4.69) is 14.6 Å². The van der Waals surface area contributed by atoms with Crippen molar-refractivity contribution >= 4 is 26.4 Å². The molecule has 1 aromatic carbocycles. The molecule has 6 heteroatoms. The van der Waals surface area contributed by atoms with Crippen LogP contribution in [0.4, 0.5) is 10.1 Å². The summed E-state index contributed by atoms with van der Waals surface area (Å²) in [5, 5.41) is 20.9. The molecule has 1 fully saturated rings. The number of rotatable bonds is 3. The van der Waals surface area contributed by atoms with Gasteiger partial charge in [0.05, 0.1) is 11.3 Å². The third-order valence-electron chi connectivity index (χ3n) is 3.36. The first-order valence-electron chi connectivity index (χ1n) is 6.25. The second kappa shape index (κ2) is 5.85. The zero-order valence-electron chi connectivity index (χ0n) is 10.8. The van der Waals surface area contributed by atoms with Gasteiger partial charge in [-0.25, -0.2) is 4.39 Å². The lowest BCUT2D eigenvalue weighted by Crippen LogP contribution is -2.30. The third kappa shape index (κ3) is 2.72. The van der Waals surface area contributed by atoms with Crippen LogP contribution in [-0.4, -0.2) is 24.2 Å². The molecule has 2 unspecified atom stereocenters. The highest BCUT2D eigenvalue weighted by Gasteiger charge is 2.22. The molecule has 0 bridgehead atoms. The lowest BCUT2D eigenvalue weighted by atomic mass is 10.1. The van der Waals surface area contributed by atoms with Gasteiger partial charge in [-0.15, -0.1) is 9.24 Å². The molecule has 19 heavy (non-hydrogen) atoms. The number of phenolic OH excluding ortho intramolecular Hbond substituents is 1. The van der Waals surface area contributed by atoms with Gasteiger partial charge in [0, 0.05) is 12.8 Å². The summed E-state index contributed by atoms with van der Waals surface area (Å²) in [5.74, 6) is -1.17. The van der Waals surface area contributed by atoms with Gasteiger partial charge in [-0.05, 0) is 37.1 Å². The molecule has 3 N–H and O–H groups in total. The molecule has 4 nitrogen and oxygen atoms in total. The fourth-order valence-corrected chi connectivity index (χ4v) is 2.54. The van der Waals surface area contributed by atoms with Crippen molar-refractivity contribution in [1.29, 1.82) is 5.41 Å². The first kappa shape index (κ1) is 14.2. The van der Waals surface area contributed by atoms with Gasteiger partial charge in [0.15, 0.2) is 11.6 Å². The fourth-order valence-electron chi connectivity index (χ4n) is 2.18. The van der Waals surface area contributed by atoms with Gasteiger partial charge in [-0.3, -0.25) is 0 Å². The smallest absolute Gasteiger partial charge is 0.169 e. The molecule has 2 rings (SSSR count). The van der Waals surface area contributed by atoms with Gasteiger partial charge in [-0.2, -0.15) is 0 Å². The molecule has 0 amide bonds. The third-order valence-corrected chi connectivity index (χ3v) is 4.09. The van der Waals surface area contributed by atoms with E-state index in [1.807, 2.05) is 0 Å². The highest BCUT2D eigenvalue weighted by Crippen LogP contribution is 2.31. The molecule has 0 radical (unpaired) electrons. The van der Waals surface area contributed by atoms with E-state index in [0.29, 0.717) is 23.2 Å². The first-order chi connectivity index (χ1) is 9.06. The van der Waals surface area contributed by atoms with Crippen LogP contribution in [-0.2, 0) is 4.74 Å². The average Bonchev–Trinajstić information content (AvgIpc) is 2.44. The van der Waals surface area contributed by atoms with Crippen LogP contribution in [0.2, 0.25) is 0 Å². The summed E-state index contributed by atoms with van der Waals surface area (Å²) in [6, 6.07) is 0. The van der Waals surface area contributed by atoms with Crippen LogP contribution in [0.1, 0.15) is 30.4 Å². The van der Waals surface area contributed by atoms with Gasteiger partial charge < -0.3 is 20.6 Å². The lowest BCUT2D eigenvalue weighted by Gasteiger charge is -2.27. The van der Waals surface area contributed by atoms with Crippen molar-refractivity contribution in [3.63, 3.8) is 0 Å². The van der Waals surface area contributed by atoms with Crippen LogP contribution in [0, 0.1) is 18.2 Å². The summed E-state index contributed by atoms with van der Waals surface area (Å²) in [7, 11) is 2.46. The molecular weight excluding hydrogens is 266 g/mol. The summed E-state index contributed by atoms with van der Waals surface area (Å²) < 4.78 is 19.3. The Morgan fingerprint density at radius 3 is 2.84 bits per heavy atom. The number of anilines is 1. The van der Waals surface area contributed by atoms with Crippen LogP contribution in [0.5, 0.6) is 5.75 Å². The number of nitrogens with one attached hydrogen (secondary N) is 2. The summed E-state index contributed by atoms with van der Waals surface area (Å²) in [6.45, 7) is 2.29. The van der Waals surface area contributed by atoms with Crippen molar-refractivity contribution < 1.29 is 14.2 Å². The molecule has 1 saturated heterocycles. The Balaban J connectivity index is 2.40. The maximum Gasteiger partial charge on any atom is 0.169 e. The van der Waals surface area contributed by atoms with E-state index < -0.39 is 11.6 Å². The Bertz CT molecular complexity index is 502. The normalized spacial score (nSPS) is 19.2. The van der Waals surface area contributed by atoms with E-state index in [1.165, 1.54) is 0 Å². The minimum Gasteiger partial charge on any atom is -0.504 e. The number of benzene rings is 1. The van der Waals surface area contributed by atoms with Gasteiger partial charge in [-0.1, -0.05) is 0 Å². The molecule has 0 aromatic heterocycles. The van der Waals surface area contributed by atoms with E-state index in [4.69, 9.17) is 10.1 Å². The van der Waals surface area contributed by atoms with Gasteiger partial charge in [0.2, 0.25) is 0 Å². The van der Waals surface area contributed by atoms with Crippen molar-refractivity contribution in [3.05, 3.63) is 16.9 Å². The quantitative estimate of drug-likeness (QED) is 0.589. The molecule has 1 aliphatic rings. The highest BCUT2D eigenvalue weighted by atomic mass is 31.0. The van der Waals surface area contributed by atoms with Crippen molar-refractivity contribution in [2.75, 3.05) is 11.9 Å². The van der Waals surface area contributed by atoms with E-state index in [1.54, 1.807) is 6.92 Å². The lowest BCUT2D eigenvalue weighted by molar-refractivity contribution is 0.0344. The highest BCUT2D eigenvalue weighted by molar-refractivity contribution is 7.28. The Labute approximate surface area is 114 Å². The maximum atomic E-state index is 13.8. The minimum absolute atomic E-state index is 0.155. The van der Waals surface area contributed by atoms with E-state index in [-0.39, 0.29) is 11.8 Å². The minimum atomic E-state index is -0.682. The summed E-state index contributed by atoms with van der Waals surface area (Å²) in [5.41, 5.74) is 1.05. The Morgan fingerprint density at radius 1 is 1.53 bits per heavy atom. The molecule has 1 aliphatic heterocycles. The summed E-state index contributed by atoms with van der Waals surface area (Å²) >= 11 is 0. The summed E-state index contributed by atoms with van der Waals surface area (Å²) in [6.07, 6.45) is 3.76. The van der Waals surface area contributed by atoms with Crippen LogP contribution >= 0.6 is 9.24 Å². The average molecular weight is 284 g/mol. The molecule has 1 heterocycles. The predicted molar refractivity (Wildman–Crippen MR) is 77.2 cm³/mol. The van der Waals surface area contributed by atoms with Gasteiger partial charge >= 0.3 is 0 Å². The standard InChI is InChI=1S/C13H18FN2O2P/c1-7-10(14)12(17)8(6-15)11(13(7)19)16-9-4-2-3-5-18-9/h6,9,15-17H,2-5,19H2,1H3. The molecule has 0 aliphatic carbocycles. The number of halogens is 1. The van der Waals surface area contributed by atoms with Crippen LogP contribution in [0.3, 0.4) is 0 Å². The molecule has 1 aromatic rings. The van der Waals surface area contributed by atoms with Crippen molar-refractivity contribution in [2.24, 2.45) is 0 Å². The SMILES string of the molecule is Cc1c(F)c(O)c(C=N)c(NC2CCCCO2)c1P. The molecular formula is C13H18FN2O2P. The first-order valence-corrected chi connectivity index (χ1v) is 6.83. The second-order valence-corrected chi connectivity index (χ2v) is 5.21. The number of ether oxygens (including phenoxy) is 1. The predicted octanol–water partition coefficient (Wildman–Crippen LogP) is 2.28. The molecule has 0 spiro atoms. The van der Waals surface area contributed by atoms with Crippen molar-refractivity contribution in [1.82, 2.24) is 0 Å². The number of phenols is 1. The molecule has 0 saturated carbocycles. The van der Waals surface area contributed by atoms with E-state index >= 15 is 0 Å². The molecule has 104 valence electrons. The second-order valence-electron chi connectivity index (χ2n) is 4.63. The Morgan fingerprint density at radius 2 is 2.26 bits per heavy atom.